The third kappa shape index (κ3) is 3.58. The Kier molecular flexibility index (Phi) is 5.35. The number of rotatable bonds is 6. The summed E-state index contributed by atoms with van der Waals surface area (Å²) in [4.78, 5) is 42.6. The van der Waals surface area contributed by atoms with Gasteiger partial charge < -0.3 is 4.74 Å². The number of hydrogen-bond donors (Lipinski definition) is 0. The minimum Gasteiger partial charge on any atom is -0.466 e. The monoisotopic (exact) mass is 409 g/mol. The van der Waals surface area contributed by atoms with E-state index in [9.17, 15) is 14.4 Å². The molecule has 0 bridgehead atoms. The number of hydrogen-bond acceptors (Lipinski definition) is 6. The van der Waals surface area contributed by atoms with Gasteiger partial charge in [-0.2, -0.15) is 10.1 Å². The van der Waals surface area contributed by atoms with Crippen molar-refractivity contribution in [3.05, 3.63) is 74.8 Å². The molecule has 0 spiro atoms. The first-order valence-corrected chi connectivity index (χ1v) is 9.95. The van der Waals surface area contributed by atoms with Crippen LogP contribution in [-0.4, -0.2) is 36.5 Å². The first kappa shape index (κ1) is 19.8. The predicted octanol–water partition coefficient (Wildman–Crippen LogP) is 1.46. The highest BCUT2D eigenvalue weighted by atomic mass is 16.5. The Hall–Kier alpha value is -3.49. The molecule has 30 heavy (non-hydrogen) atoms. The summed E-state index contributed by atoms with van der Waals surface area (Å²) in [7, 11) is 0. The van der Waals surface area contributed by atoms with Crippen LogP contribution in [0.15, 0.2) is 52.3 Å². The highest BCUT2D eigenvalue weighted by Crippen LogP contribution is 2.37. The molecule has 0 aliphatic heterocycles. The second-order valence-corrected chi connectivity index (χ2v) is 7.37. The summed E-state index contributed by atoms with van der Waals surface area (Å²) in [6, 6.07) is 8.91. The predicted molar refractivity (Wildman–Crippen MR) is 109 cm³/mol. The molecule has 1 aliphatic rings. The molecule has 4 rings (SSSR count). The van der Waals surface area contributed by atoms with Crippen molar-refractivity contribution < 1.29 is 9.53 Å². The molecular weight excluding hydrogens is 386 g/mol. The van der Waals surface area contributed by atoms with Crippen LogP contribution in [0, 0.1) is 12.8 Å². The molecule has 0 N–H and O–H groups in total. The zero-order valence-corrected chi connectivity index (χ0v) is 16.9. The Bertz CT molecular complexity index is 1160. The van der Waals surface area contributed by atoms with Gasteiger partial charge in [-0.1, -0.05) is 29.8 Å². The summed E-state index contributed by atoms with van der Waals surface area (Å²) in [5, 5.41) is 4.13. The van der Waals surface area contributed by atoms with Gasteiger partial charge in [0.2, 0.25) is 5.95 Å². The lowest BCUT2D eigenvalue weighted by molar-refractivity contribution is -0.153. The van der Waals surface area contributed by atoms with Gasteiger partial charge in [-0.05, 0) is 38.3 Å². The summed E-state index contributed by atoms with van der Waals surface area (Å²) >= 11 is 0. The van der Waals surface area contributed by atoms with E-state index in [1.165, 1.54) is 9.25 Å². The molecule has 0 unspecified atom stereocenters. The third-order valence-electron chi connectivity index (χ3n) is 5.41. The Morgan fingerprint density at radius 3 is 2.57 bits per heavy atom. The molecule has 1 aromatic carbocycles. The number of benzene rings is 1. The number of ether oxygens (including phenoxy) is 1. The van der Waals surface area contributed by atoms with Crippen LogP contribution < -0.4 is 11.4 Å². The van der Waals surface area contributed by atoms with Gasteiger partial charge in [0.1, 0.15) is 0 Å². The van der Waals surface area contributed by atoms with Crippen LogP contribution in [0.4, 0.5) is 0 Å². The fourth-order valence-electron chi connectivity index (χ4n) is 3.67. The van der Waals surface area contributed by atoms with Crippen LogP contribution in [0.2, 0.25) is 0 Å². The zero-order chi connectivity index (χ0) is 21.3. The Morgan fingerprint density at radius 1 is 1.20 bits per heavy atom. The van der Waals surface area contributed by atoms with Gasteiger partial charge in [0.15, 0.2) is 0 Å². The number of carbonyl (C=O) groups is 1. The van der Waals surface area contributed by atoms with E-state index >= 15 is 0 Å². The first-order chi connectivity index (χ1) is 14.5. The van der Waals surface area contributed by atoms with Crippen molar-refractivity contribution in [2.45, 2.75) is 39.3 Å². The maximum atomic E-state index is 13.4. The van der Waals surface area contributed by atoms with Crippen LogP contribution in [0.1, 0.15) is 36.9 Å². The van der Waals surface area contributed by atoms with Crippen LogP contribution in [-0.2, 0) is 16.1 Å². The number of aryl methyl sites for hydroxylation is 1. The van der Waals surface area contributed by atoms with Crippen molar-refractivity contribution in [1.82, 2.24) is 23.9 Å². The van der Waals surface area contributed by atoms with E-state index in [0.29, 0.717) is 12.8 Å². The largest absolute Gasteiger partial charge is 0.466 e. The fraction of sp³-hybridized carbons (Fsp3) is 0.381. The van der Waals surface area contributed by atoms with E-state index in [1.54, 1.807) is 25.4 Å². The average molecular weight is 409 g/mol. The molecular formula is C21H23N5O4. The van der Waals surface area contributed by atoms with Gasteiger partial charge in [-0.25, -0.2) is 18.8 Å². The van der Waals surface area contributed by atoms with Gasteiger partial charge in [0.25, 0.3) is 0 Å². The topological polar surface area (TPSA) is 101 Å². The molecule has 2 heterocycles. The SMILES string of the molecule is CCOC(=O)[C@H]1CC[C@@H]1n1c(=O)nc(-n2cccn2)n(Cc2ccc(C)cc2)c1=O. The summed E-state index contributed by atoms with van der Waals surface area (Å²) < 4.78 is 9.00. The summed E-state index contributed by atoms with van der Waals surface area (Å²) in [6.45, 7) is 4.19. The van der Waals surface area contributed by atoms with Crippen molar-refractivity contribution in [1.29, 1.82) is 0 Å². The normalized spacial score (nSPS) is 18.1. The minimum atomic E-state index is -0.690. The molecule has 0 amide bonds. The molecule has 1 saturated carbocycles. The molecule has 0 saturated heterocycles. The molecule has 1 aliphatic carbocycles. The second-order valence-electron chi connectivity index (χ2n) is 7.37. The lowest BCUT2D eigenvalue weighted by atomic mass is 9.79. The van der Waals surface area contributed by atoms with E-state index in [2.05, 4.69) is 10.1 Å². The van der Waals surface area contributed by atoms with Crippen molar-refractivity contribution in [3.63, 3.8) is 0 Å². The molecule has 9 nitrogen and oxygen atoms in total. The molecule has 156 valence electrons. The number of esters is 1. The lowest BCUT2D eigenvalue weighted by Crippen LogP contribution is -2.51. The second kappa shape index (κ2) is 8.10. The molecule has 1 fully saturated rings. The van der Waals surface area contributed by atoms with Crippen molar-refractivity contribution in [3.8, 4) is 5.95 Å². The summed E-state index contributed by atoms with van der Waals surface area (Å²) in [5.74, 6) is -0.763. The molecule has 0 radical (unpaired) electrons. The number of nitrogens with zero attached hydrogens (tertiary/aromatic N) is 5. The highest BCUT2D eigenvalue weighted by molar-refractivity contribution is 5.74. The van der Waals surface area contributed by atoms with Crippen LogP contribution in [0.3, 0.4) is 0 Å². The van der Waals surface area contributed by atoms with Crippen LogP contribution in [0.25, 0.3) is 5.95 Å². The quantitative estimate of drug-likeness (QED) is 0.572. The smallest absolute Gasteiger partial charge is 0.355 e. The molecule has 9 heteroatoms. The summed E-state index contributed by atoms with van der Waals surface area (Å²) in [6.07, 6.45) is 4.30. The van der Waals surface area contributed by atoms with Crippen LogP contribution in [0.5, 0.6) is 0 Å². The lowest BCUT2D eigenvalue weighted by Gasteiger charge is -2.35. The van der Waals surface area contributed by atoms with Crippen LogP contribution >= 0.6 is 0 Å². The summed E-state index contributed by atoms with van der Waals surface area (Å²) in [5.41, 5.74) is 0.789. The Balaban J connectivity index is 1.81. The van der Waals surface area contributed by atoms with E-state index in [1.807, 2.05) is 31.2 Å². The number of aromatic nitrogens is 5. The third-order valence-corrected chi connectivity index (χ3v) is 5.41. The Labute approximate surface area is 172 Å². The molecule has 2 aromatic heterocycles. The van der Waals surface area contributed by atoms with Gasteiger partial charge in [0.05, 0.1) is 25.1 Å². The average Bonchev–Trinajstić information content (AvgIpc) is 3.22. The van der Waals surface area contributed by atoms with E-state index < -0.39 is 23.3 Å². The van der Waals surface area contributed by atoms with E-state index in [0.717, 1.165) is 15.7 Å². The standard InChI is InChI=1S/C21H23N5O4/c1-3-30-18(27)16-9-10-17(16)26-20(28)23-19(25-12-4-11-22-25)24(21(26)29)13-15-7-5-14(2)6-8-15/h4-8,11-12,16-17H,3,9-10,13H2,1-2H3/t16-,17-/m0/s1. The van der Waals surface area contributed by atoms with E-state index in [4.69, 9.17) is 4.74 Å². The van der Waals surface area contributed by atoms with Gasteiger partial charge in [0, 0.05) is 12.4 Å². The van der Waals surface area contributed by atoms with E-state index in [-0.39, 0.29) is 25.1 Å². The van der Waals surface area contributed by atoms with Crippen molar-refractivity contribution >= 4 is 5.97 Å². The molecule has 3 aromatic rings. The maximum Gasteiger partial charge on any atom is 0.355 e. The first-order valence-electron chi connectivity index (χ1n) is 9.95. The highest BCUT2D eigenvalue weighted by Gasteiger charge is 2.41. The van der Waals surface area contributed by atoms with Gasteiger partial charge >= 0.3 is 17.3 Å². The van der Waals surface area contributed by atoms with Crippen molar-refractivity contribution in [2.24, 2.45) is 5.92 Å². The maximum absolute atomic E-state index is 13.4. The number of carbonyl (C=O) groups excluding carboxylic acids is 1. The zero-order valence-electron chi connectivity index (χ0n) is 16.9. The Morgan fingerprint density at radius 2 is 1.97 bits per heavy atom. The minimum absolute atomic E-state index is 0.138. The molecule has 2 atom stereocenters. The van der Waals surface area contributed by atoms with Crippen molar-refractivity contribution in [2.75, 3.05) is 6.61 Å². The van der Waals surface area contributed by atoms with Gasteiger partial charge in [-0.15, -0.1) is 0 Å². The fourth-order valence-corrected chi connectivity index (χ4v) is 3.67. The van der Waals surface area contributed by atoms with Gasteiger partial charge in [-0.3, -0.25) is 9.36 Å².